The van der Waals surface area contributed by atoms with Crippen molar-refractivity contribution < 1.29 is 19.1 Å². The second kappa shape index (κ2) is 6.73. The molecule has 4 atom stereocenters. The van der Waals surface area contributed by atoms with E-state index in [-0.39, 0.29) is 35.1 Å². The number of hydrogen-bond donors (Lipinski definition) is 0. The maximum atomic E-state index is 12.3. The van der Waals surface area contributed by atoms with Crippen molar-refractivity contribution in [1.82, 2.24) is 0 Å². The van der Waals surface area contributed by atoms with Crippen LogP contribution in [0.15, 0.2) is 36.1 Å². The van der Waals surface area contributed by atoms with Crippen molar-refractivity contribution in [2.24, 2.45) is 17.3 Å². The zero-order valence-electron chi connectivity index (χ0n) is 14.4. The van der Waals surface area contributed by atoms with Crippen molar-refractivity contribution in [2.45, 2.75) is 46.1 Å². The first kappa shape index (κ1) is 17.5. The van der Waals surface area contributed by atoms with Crippen LogP contribution < -0.4 is 0 Å². The van der Waals surface area contributed by atoms with Gasteiger partial charge in [0.05, 0.1) is 19.4 Å². The van der Waals surface area contributed by atoms with Crippen molar-refractivity contribution in [3.05, 3.63) is 36.1 Å². The van der Waals surface area contributed by atoms with Crippen LogP contribution in [0.5, 0.6) is 0 Å². The van der Waals surface area contributed by atoms with Gasteiger partial charge in [0.2, 0.25) is 0 Å². The Labute approximate surface area is 138 Å². The molecule has 0 amide bonds. The SMILES string of the molecule is C=C(C)[C@@H]1C[C@@]2(C)C(=CC1=O)CC[C@@H](OC(=O)/C=C/OC)[C@@H]2C. The van der Waals surface area contributed by atoms with Gasteiger partial charge in [-0.15, -0.1) is 0 Å². The summed E-state index contributed by atoms with van der Waals surface area (Å²) in [4.78, 5) is 24.1. The molecule has 4 heteroatoms. The third kappa shape index (κ3) is 3.41. The molecule has 23 heavy (non-hydrogen) atoms. The number of rotatable bonds is 4. The van der Waals surface area contributed by atoms with Crippen LogP contribution in [-0.2, 0) is 19.1 Å². The minimum absolute atomic E-state index is 0.131. The molecule has 4 nitrogen and oxygen atoms in total. The molecule has 0 aromatic heterocycles. The number of allylic oxidation sites excluding steroid dienone is 3. The van der Waals surface area contributed by atoms with Gasteiger partial charge in [-0.1, -0.05) is 31.6 Å². The topological polar surface area (TPSA) is 52.6 Å². The number of hydrogen-bond acceptors (Lipinski definition) is 4. The normalized spacial score (nSPS) is 33.8. The zero-order chi connectivity index (χ0) is 17.2. The van der Waals surface area contributed by atoms with E-state index in [1.165, 1.54) is 25.0 Å². The Bertz CT molecular complexity index is 572. The van der Waals surface area contributed by atoms with Gasteiger partial charge in [-0.25, -0.2) is 4.79 Å². The lowest BCUT2D eigenvalue weighted by atomic mass is 9.57. The van der Waals surface area contributed by atoms with E-state index in [0.717, 1.165) is 24.8 Å². The Balaban J connectivity index is 2.20. The van der Waals surface area contributed by atoms with Crippen LogP contribution in [-0.4, -0.2) is 25.0 Å². The molecule has 1 fully saturated rings. The molecule has 2 aliphatic carbocycles. The molecule has 0 saturated heterocycles. The average molecular weight is 318 g/mol. The predicted octanol–water partition coefficient (Wildman–Crippen LogP) is 3.59. The fourth-order valence-electron chi connectivity index (χ4n) is 3.78. The van der Waals surface area contributed by atoms with Crippen LogP contribution >= 0.6 is 0 Å². The summed E-state index contributed by atoms with van der Waals surface area (Å²) in [6.45, 7) is 10.2. The summed E-state index contributed by atoms with van der Waals surface area (Å²) in [5.41, 5.74) is 1.96. The average Bonchev–Trinajstić information content (AvgIpc) is 2.49. The van der Waals surface area contributed by atoms with Gasteiger partial charge in [-0.3, -0.25) is 4.79 Å². The van der Waals surface area contributed by atoms with Crippen molar-refractivity contribution >= 4 is 11.8 Å². The fraction of sp³-hybridized carbons (Fsp3) is 0.579. The number of methoxy groups -OCH3 is 1. The van der Waals surface area contributed by atoms with E-state index in [1.807, 2.05) is 13.0 Å². The van der Waals surface area contributed by atoms with E-state index in [2.05, 4.69) is 20.4 Å². The second-order valence-corrected chi connectivity index (χ2v) is 6.93. The molecule has 0 radical (unpaired) electrons. The van der Waals surface area contributed by atoms with Gasteiger partial charge in [-0.05, 0) is 37.7 Å². The third-order valence-electron chi connectivity index (χ3n) is 5.49. The summed E-state index contributed by atoms with van der Waals surface area (Å²) in [5, 5.41) is 0. The largest absolute Gasteiger partial charge is 0.504 e. The Morgan fingerprint density at radius 1 is 1.48 bits per heavy atom. The first-order valence-corrected chi connectivity index (χ1v) is 8.10. The van der Waals surface area contributed by atoms with Gasteiger partial charge >= 0.3 is 5.97 Å². The first-order chi connectivity index (χ1) is 10.8. The number of fused-ring (bicyclic) bond motifs is 1. The van der Waals surface area contributed by atoms with Crippen LogP contribution in [0.1, 0.15) is 40.0 Å². The lowest BCUT2D eigenvalue weighted by Crippen LogP contribution is -2.46. The number of carbonyl (C=O) groups is 2. The monoisotopic (exact) mass is 318 g/mol. The Morgan fingerprint density at radius 3 is 2.78 bits per heavy atom. The smallest absolute Gasteiger partial charge is 0.334 e. The van der Waals surface area contributed by atoms with Gasteiger partial charge in [0, 0.05) is 11.8 Å². The lowest BCUT2D eigenvalue weighted by molar-refractivity contribution is -0.150. The van der Waals surface area contributed by atoms with Gasteiger partial charge in [0.15, 0.2) is 5.78 Å². The predicted molar refractivity (Wildman–Crippen MR) is 88.5 cm³/mol. The zero-order valence-corrected chi connectivity index (χ0v) is 14.4. The maximum Gasteiger partial charge on any atom is 0.334 e. The second-order valence-electron chi connectivity index (χ2n) is 6.93. The molecule has 1 saturated carbocycles. The van der Waals surface area contributed by atoms with E-state index in [1.54, 1.807) is 0 Å². The fourth-order valence-corrected chi connectivity index (χ4v) is 3.78. The molecular weight excluding hydrogens is 292 g/mol. The minimum atomic E-state index is -0.386. The Hall–Kier alpha value is -1.84. The summed E-state index contributed by atoms with van der Waals surface area (Å²) in [5.74, 6) is -0.204. The molecule has 126 valence electrons. The van der Waals surface area contributed by atoms with Crippen molar-refractivity contribution in [2.75, 3.05) is 7.11 Å². The van der Waals surface area contributed by atoms with Crippen LogP contribution in [0, 0.1) is 17.3 Å². The van der Waals surface area contributed by atoms with Crippen molar-refractivity contribution in [1.29, 1.82) is 0 Å². The molecule has 0 N–H and O–H groups in total. The van der Waals surface area contributed by atoms with Gasteiger partial charge < -0.3 is 9.47 Å². The summed E-state index contributed by atoms with van der Waals surface area (Å²) < 4.78 is 10.4. The van der Waals surface area contributed by atoms with Crippen molar-refractivity contribution in [3.63, 3.8) is 0 Å². The molecule has 0 spiro atoms. The highest BCUT2D eigenvalue weighted by atomic mass is 16.5. The highest BCUT2D eigenvalue weighted by Gasteiger charge is 2.48. The maximum absolute atomic E-state index is 12.3. The van der Waals surface area contributed by atoms with E-state index < -0.39 is 0 Å². The molecule has 2 aliphatic rings. The summed E-state index contributed by atoms with van der Waals surface area (Å²) in [6, 6.07) is 0. The first-order valence-electron chi connectivity index (χ1n) is 8.10. The third-order valence-corrected chi connectivity index (χ3v) is 5.49. The highest BCUT2D eigenvalue weighted by molar-refractivity contribution is 5.95. The van der Waals surface area contributed by atoms with Crippen LogP contribution in [0.25, 0.3) is 0 Å². The molecule has 0 aromatic carbocycles. The summed E-state index contributed by atoms with van der Waals surface area (Å²) in [7, 11) is 1.49. The number of carbonyl (C=O) groups excluding carboxylic acids is 2. The molecular formula is C19H26O4. The Kier molecular flexibility index (Phi) is 5.12. The van der Waals surface area contributed by atoms with E-state index >= 15 is 0 Å². The molecule has 0 bridgehead atoms. The molecule has 0 aromatic rings. The van der Waals surface area contributed by atoms with E-state index in [0.29, 0.717) is 0 Å². The standard InChI is InChI=1S/C19H26O4/c1-12(2)15-11-19(4)13(3)17(23-18(21)8-9-22-5)7-6-14(19)10-16(15)20/h8-10,13,15,17H,1,6-7,11H2,2-5H3/b9-8+/t13-,15-,17+,19+/m0/s1. The van der Waals surface area contributed by atoms with Crippen LogP contribution in [0.4, 0.5) is 0 Å². The van der Waals surface area contributed by atoms with E-state index in [9.17, 15) is 9.59 Å². The molecule has 0 heterocycles. The quantitative estimate of drug-likeness (QED) is 0.344. The lowest BCUT2D eigenvalue weighted by Gasteiger charge is -2.49. The van der Waals surface area contributed by atoms with Crippen molar-refractivity contribution in [3.8, 4) is 0 Å². The summed E-state index contributed by atoms with van der Waals surface area (Å²) >= 11 is 0. The Morgan fingerprint density at radius 2 is 2.17 bits per heavy atom. The van der Waals surface area contributed by atoms with Crippen LogP contribution in [0.2, 0.25) is 0 Å². The number of ketones is 1. The van der Waals surface area contributed by atoms with Gasteiger partial charge in [0.1, 0.15) is 6.10 Å². The molecule has 0 aliphatic heterocycles. The number of esters is 1. The minimum Gasteiger partial charge on any atom is -0.504 e. The van der Waals surface area contributed by atoms with Gasteiger partial charge in [0.25, 0.3) is 0 Å². The van der Waals surface area contributed by atoms with Gasteiger partial charge in [-0.2, -0.15) is 0 Å². The summed E-state index contributed by atoms with van der Waals surface area (Å²) in [6.07, 6.45) is 6.56. The number of ether oxygens (including phenoxy) is 2. The highest BCUT2D eigenvalue weighted by Crippen LogP contribution is 2.52. The molecule has 2 rings (SSSR count). The molecule has 0 unspecified atom stereocenters. The van der Waals surface area contributed by atoms with Crippen LogP contribution in [0.3, 0.4) is 0 Å². The van der Waals surface area contributed by atoms with E-state index in [4.69, 9.17) is 9.47 Å².